The van der Waals surface area contributed by atoms with Gasteiger partial charge in [0.1, 0.15) is 5.60 Å². The molecule has 1 aliphatic carbocycles. The zero-order valence-corrected chi connectivity index (χ0v) is 9.40. The molecule has 12 heavy (non-hydrogen) atoms. The fraction of sp³-hybridized carbons (Fsp3) is 0.889. The van der Waals surface area contributed by atoms with E-state index in [0.29, 0.717) is 0 Å². The minimum Gasteiger partial charge on any atom is -0.460 e. The van der Waals surface area contributed by atoms with Crippen LogP contribution in [-0.4, -0.2) is 16.9 Å². The Hall–Kier alpha value is -0.0500. The molecule has 1 aliphatic rings. The fourth-order valence-electron chi connectivity index (χ4n) is 0.930. The number of halogens is 1. The van der Waals surface area contributed by atoms with E-state index in [9.17, 15) is 4.79 Å². The normalized spacial score (nSPS) is 20.3. The summed E-state index contributed by atoms with van der Waals surface area (Å²) in [5.41, 5.74) is -0.540. The predicted molar refractivity (Wildman–Crippen MR) is 51.3 cm³/mol. The molecule has 0 aromatic heterocycles. The van der Waals surface area contributed by atoms with Crippen molar-refractivity contribution in [3.8, 4) is 0 Å². The van der Waals surface area contributed by atoms with Crippen molar-refractivity contribution in [3.63, 3.8) is 0 Å². The Morgan fingerprint density at radius 1 is 1.50 bits per heavy atom. The number of carbonyl (C=O) groups is 1. The van der Waals surface area contributed by atoms with E-state index in [2.05, 4.69) is 15.9 Å². The fourth-order valence-corrected chi connectivity index (χ4v) is 1.72. The molecule has 1 fully saturated rings. The van der Waals surface area contributed by atoms with Crippen LogP contribution in [0.1, 0.15) is 33.6 Å². The van der Waals surface area contributed by atoms with Crippen LogP contribution in [0.15, 0.2) is 0 Å². The highest BCUT2D eigenvalue weighted by Gasteiger charge is 2.51. The smallest absolute Gasteiger partial charge is 0.313 e. The molecule has 0 N–H and O–H groups in total. The van der Waals surface area contributed by atoms with Gasteiger partial charge in [0.05, 0.1) is 5.41 Å². The molecule has 0 heterocycles. The van der Waals surface area contributed by atoms with E-state index in [0.717, 1.165) is 18.2 Å². The standard InChI is InChI=1S/C9H15BrO2/c1-8(2,3)12-7(11)9(6-10)4-5-9/h4-6H2,1-3H3. The molecule has 0 aromatic rings. The van der Waals surface area contributed by atoms with Crippen molar-refractivity contribution in [1.82, 2.24) is 0 Å². The Morgan fingerprint density at radius 3 is 2.25 bits per heavy atom. The summed E-state index contributed by atoms with van der Waals surface area (Å²) in [6.45, 7) is 5.69. The second kappa shape index (κ2) is 3.02. The molecule has 70 valence electrons. The van der Waals surface area contributed by atoms with Crippen molar-refractivity contribution in [2.45, 2.75) is 39.2 Å². The first-order valence-electron chi connectivity index (χ1n) is 4.19. The molecule has 1 saturated carbocycles. The van der Waals surface area contributed by atoms with Gasteiger partial charge in [-0.1, -0.05) is 15.9 Å². The van der Waals surface area contributed by atoms with Crippen molar-refractivity contribution in [1.29, 1.82) is 0 Å². The highest BCUT2D eigenvalue weighted by atomic mass is 79.9. The summed E-state index contributed by atoms with van der Waals surface area (Å²) in [6.07, 6.45) is 1.93. The van der Waals surface area contributed by atoms with Gasteiger partial charge in [0, 0.05) is 5.33 Å². The van der Waals surface area contributed by atoms with Crippen LogP contribution in [0.25, 0.3) is 0 Å². The maximum absolute atomic E-state index is 11.5. The van der Waals surface area contributed by atoms with Crippen LogP contribution in [0.5, 0.6) is 0 Å². The molecular formula is C9H15BrO2. The van der Waals surface area contributed by atoms with Crippen molar-refractivity contribution in [3.05, 3.63) is 0 Å². The molecule has 0 radical (unpaired) electrons. The molecule has 0 aliphatic heterocycles. The van der Waals surface area contributed by atoms with Gasteiger partial charge < -0.3 is 4.74 Å². The number of esters is 1. The third-order valence-electron chi connectivity index (χ3n) is 1.94. The summed E-state index contributed by atoms with van der Waals surface area (Å²) in [6, 6.07) is 0. The average molecular weight is 235 g/mol. The lowest BCUT2D eigenvalue weighted by molar-refractivity contribution is -0.160. The molecule has 0 amide bonds. The maximum atomic E-state index is 11.5. The van der Waals surface area contributed by atoms with Crippen LogP contribution in [0.3, 0.4) is 0 Å². The largest absolute Gasteiger partial charge is 0.460 e. The van der Waals surface area contributed by atoms with Crippen molar-refractivity contribution >= 4 is 21.9 Å². The summed E-state index contributed by atoms with van der Waals surface area (Å²) in [7, 11) is 0. The van der Waals surface area contributed by atoms with Gasteiger partial charge in [0.25, 0.3) is 0 Å². The van der Waals surface area contributed by atoms with Crippen molar-refractivity contribution < 1.29 is 9.53 Å². The lowest BCUT2D eigenvalue weighted by Gasteiger charge is -2.22. The molecule has 0 atom stereocenters. The zero-order valence-electron chi connectivity index (χ0n) is 7.82. The molecule has 2 nitrogen and oxygen atoms in total. The summed E-state index contributed by atoms with van der Waals surface area (Å²) in [5.74, 6) is -0.0492. The van der Waals surface area contributed by atoms with Crippen LogP contribution in [-0.2, 0) is 9.53 Å². The highest BCUT2D eigenvalue weighted by Crippen LogP contribution is 2.48. The minimum atomic E-state index is -0.352. The summed E-state index contributed by atoms with van der Waals surface area (Å²) >= 11 is 3.34. The quantitative estimate of drug-likeness (QED) is 0.543. The van der Waals surface area contributed by atoms with E-state index in [-0.39, 0.29) is 17.0 Å². The molecule has 0 aromatic carbocycles. The monoisotopic (exact) mass is 234 g/mol. The number of hydrogen-bond donors (Lipinski definition) is 0. The van der Waals surface area contributed by atoms with Gasteiger partial charge in [0.2, 0.25) is 0 Å². The van der Waals surface area contributed by atoms with Crippen LogP contribution in [0.4, 0.5) is 0 Å². The van der Waals surface area contributed by atoms with Gasteiger partial charge in [-0.25, -0.2) is 0 Å². The number of rotatable bonds is 2. The second-order valence-corrected chi connectivity index (χ2v) is 4.98. The van der Waals surface area contributed by atoms with Crippen molar-refractivity contribution in [2.24, 2.45) is 5.41 Å². The number of alkyl halides is 1. The van der Waals surface area contributed by atoms with Crippen molar-refractivity contribution in [2.75, 3.05) is 5.33 Å². The Kier molecular flexibility index (Phi) is 2.52. The maximum Gasteiger partial charge on any atom is 0.313 e. The van der Waals surface area contributed by atoms with Crippen LogP contribution in [0.2, 0.25) is 0 Å². The van der Waals surface area contributed by atoms with E-state index < -0.39 is 0 Å². The lowest BCUT2D eigenvalue weighted by atomic mass is 10.1. The lowest BCUT2D eigenvalue weighted by Crippen LogP contribution is -2.30. The Bertz CT molecular complexity index is 189. The first-order chi connectivity index (χ1) is 5.40. The van der Waals surface area contributed by atoms with E-state index in [1.54, 1.807) is 0 Å². The van der Waals surface area contributed by atoms with E-state index in [1.165, 1.54) is 0 Å². The number of carbonyl (C=O) groups excluding carboxylic acids is 1. The van der Waals surface area contributed by atoms with Gasteiger partial charge in [-0.05, 0) is 33.6 Å². The van der Waals surface area contributed by atoms with Crippen LogP contribution < -0.4 is 0 Å². The third kappa shape index (κ3) is 2.22. The minimum absolute atomic E-state index is 0.0492. The highest BCUT2D eigenvalue weighted by molar-refractivity contribution is 9.09. The Labute approximate surface area is 81.8 Å². The molecular weight excluding hydrogens is 220 g/mol. The molecule has 1 rings (SSSR count). The summed E-state index contributed by atoms with van der Waals surface area (Å²) in [5, 5.41) is 0.731. The predicted octanol–water partition coefficient (Wildman–Crippen LogP) is 2.50. The SMILES string of the molecule is CC(C)(C)OC(=O)C1(CBr)CC1. The van der Waals surface area contributed by atoms with Gasteiger partial charge in [-0.2, -0.15) is 0 Å². The first-order valence-corrected chi connectivity index (χ1v) is 5.31. The summed E-state index contributed by atoms with van der Waals surface area (Å²) < 4.78 is 5.29. The van der Waals surface area contributed by atoms with E-state index >= 15 is 0 Å². The molecule has 0 spiro atoms. The molecule has 3 heteroatoms. The van der Waals surface area contributed by atoms with Gasteiger partial charge in [0.15, 0.2) is 0 Å². The van der Waals surface area contributed by atoms with Crippen LogP contribution >= 0.6 is 15.9 Å². The number of ether oxygens (including phenoxy) is 1. The topological polar surface area (TPSA) is 26.3 Å². The molecule has 0 bridgehead atoms. The van der Waals surface area contributed by atoms with Gasteiger partial charge in [-0.3, -0.25) is 4.79 Å². The molecule has 0 unspecified atom stereocenters. The summed E-state index contributed by atoms with van der Waals surface area (Å²) in [4.78, 5) is 11.5. The van der Waals surface area contributed by atoms with Crippen LogP contribution in [0, 0.1) is 5.41 Å². The second-order valence-electron chi connectivity index (χ2n) is 4.42. The first kappa shape index (κ1) is 10.0. The zero-order chi connectivity index (χ0) is 9.41. The molecule has 0 saturated heterocycles. The average Bonchev–Trinajstić information content (AvgIpc) is 2.62. The van der Waals surface area contributed by atoms with E-state index in [1.807, 2.05) is 20.8 Å². The number of hydrogen-bond acceptors (Lipinski definition) is 2. The van der Waals surface area contributed by atoms with Gasteiger partial charge in [-0.15, -0.1) is 0 Å². The van der Waals surface area contributed by atoms with Gasteiger partial charge >= 0.3 is 5.97 Å². The Morgan fingerprint density at radius 2 is 2.00 bits per heavy atom. The third-order valence-corrected chi connectivity index (χ3v) is 3.01. The Balaban J connectivity index is 2.49. The van der Waals surface area contributed by atoms with E-state index in [4.69, 9.17) is 4.74 Å².